The number of aliphatic hydroxyl groups is 1. The monoisotopic (exact) mass is 298 g/mol. The molecule has 1 fully saturated rings. The van der Waals surface area contributed by atoms with E-state index in [4.69, 9.17) is 0 Å². The molecule has 1 rings (SSSR count). The van der Waals surface area contributed by atoms with Gasteiger partial charge in [-0.2, -0.15) is 0 Å². The van der Waals surface area contributed by atoms with Gasteiger partial charge in [-0.05, 0) is 25.2 Å². The first-order valence-electron chi connectivity index (χ1n) is 7.86. The van der Waals surface area contributed by atoms with Gasteiger partial charge in [0.25, 0.3) is 0 Å². The van der Waals surface area contributed by atoms with Crippen molar-refractivity contribution >= 4 is 11.8 Å². The van der Waals surface area contributed by atoms with Gasteiger partial charge in [0.2, 0.25) is 11.8 Å². The van der Waals surface area contributed by atoms with Gasteiger partial charge in [0.05, 0.1) is 6.10 Å². The van der Waals surface area contributed by atoms with E-state index in [0.717, 1.165) is 6.42 Å². The zero-order chi connectivity index (χ0) is 16.4. The van der Waals surface area contributed by atoms with Gasteiger partial charge in [0.15, 0.2) is 0 Å². The molecule has 21 heavy (non-hydrogen) atoms. The number of nitrogens with one attached hydrogen (secondary N) is 1. The Kier molecular flexibility index (Phi) is 5.79. The summed E-state index contributed by atoms with van der Waals surface area (Å²) in [6, 6.07) is -0.551. The number of carbonyl (C=O) groups excluding carboxylic acids is 2. The number of hydrogen-bond acceptors (Lipinski definition) is 3. The normalized spacial score (nSPS) is 25.6. The van der Waals surface area contributed by atoms with Gasteiger partial charge in [-0.1, -0.05) is 34.6 Å². The summed E-state index contributed by atoms with van der Waals surface area (Å²) >= 11 is 0. The van der Waals surface area contributed by atoms with Crippen molar-refractivity contribution in [3.63, 3.8) is 0 Å². The predicted octanol–water partition coefficient (Wildman–Crippen LogP) is 1.55. The largest absolute Gasteiger partial charge is 0.391 e. The van der Waals surface area contributed by atoms with Crippen LogP contribution in [0.4, 0.5) is 0 Å². The highest BCUT2D eigenvalue weighted by molar-refractivity contribution is 5.89. The molecule has 1 heterocycles. The molecule has 0 bridgehead atoms. The zero-order valence-electron chi connectivity index (χ0n) is 14.1. The molecule has 122 valence electrons. The van der Waals surface area contributed by atoms with E-state index in [1.54, 1.807) is 4.90 Å². The van der Waals surface area contributed by atoms with Crippen molar-refractivity contribution in [2.75, 3.05) is 6.54 Å². The number of β-amino-alcohol motifs (C(OH)–C–C–N with tert-alkyl or cyclic N) is 1. The van der Waals surface area contributed by atoms with Crippen LogP contribution >= 0.6 is 0 Å². The van der Waals surface area contributed by atoms with Crippen LogP contribution in [0.3, 0.4) is 0 Å². The van der Waals surface area contributed by atoms with Crippen LogP contribution in [-0.4, -0.2) is 46.6 Å². The van der Waals surface area contributed by atoms with Crippen molar-refractivity contribution in [3.8, 4) is 0 Å². The molecule has 5 heteroatoms. The summed E-state index contributed by atoms with van der Waals surface area (Å²) in [6.45, 7) is 12.0. The second-order valence-corrected chi connectivity index (χ2v) is 7.35. The van der Waals surface area contributed by atoms with E-state index in [9.17, 15) is 14.7 Å². The molecule has 2 amide bonds. The summed E-state index contributed by atoms with van der Waals surface area (Å²) in [6.07, 6.45) is 0.882. The molecule has 1 aliphatic rings. The van der Waals surface area contributed by atoms with Gasteiger partial charge in [0.1, 0.15) is 6.04 Å². The standard InChI is InChI=1S/C16H30N2O3/c1-7-10(2)14(20)17-13(16(4,5)6)15(21)18-9-12(19)8-11(18)3/h10-13,19H,7-9H2,1-6H3,(H,17,20). The first kappa shape index (κ1) is 18.0. The molecule has 4 atom stereocenters. The Morgan fingerprint density at radius 3 is 2.33 bits per heavy atom. The summed E-state index contributed by atoms with van der Waals surface area (Å²) < 4.78 is 0. The van der Waals surface area contributed by atoms with Crippen molar-refractivity contribution < 1.29 is 14.7 Å². The van der Waals surface area contributed by atoms with Crippen molar-refractivity contribution in [2.45, 2.75) is 72.6 Å². The molecule has 0 spiro atoms. The SMILES string of the molecule is CCC(C)C(=O)NC(C(=O)N1CC(O)CC1C)C(C)(C)C. The van der Waals surface area contributed by atoms with E-state index in [1.165, 1.54) is 0 Å². The average Bonchev–Trinajstić information content (AvgIpc) is 2.71. The third-order valence-electron chi connectivity index (χ3n) is 4.30. The third-order valence-corrected chi connectivity index (χ3v) is 4.30. The minimum Gasteiger partial charge on any atom is -0.391 e. The van der Waals surface area contributed by atoms with Crippen molar-refractivity contribution in [3.05, 3.63) is 0 Å². The maximum absolute atomic E-state index is 12.8. The first-order valence-corrected chi connectivity index (χ1v) is 7.86. The molecule has 0 saturated carbocycles. The fraction of sp³-hybridized carbons (Fsp3) is 0.875. The lowest BCUT2D eigenvalue weighted by Gasteiger charge is -2.35. The molecule has 0 aromatic rings. The van der Waals surface area contributed by atoms with Gasteiger partial charge in [-0.15, -0.1) is 0 Å². The number of rotatable bonds is 4. The third kappa shape index (κ3) is 4.43. The number of amides is 2. The Hall–Kier alpha value is -1.10. The van der Waals surface area contributed by atoms with Crippen LogP contribution in [0, 0.1) is 11.3 Å². The smallest absolute Gasteiger partial charge is 0.246 e. The Morgan fingerprint density at radius 2 is 1.95 bits per heavy atom. The number of aliphatic hydroxyl groups excluding tert-OH is 1. The maximum atomic E-state index is 12.8. The molecule has 1 saturated heterocycles. The number of nitrogens with zero attached hydrogens (tertiary/aromatic N) is 1. The van der Waals surface area contributed by atoms with Crippen LogP contribution in [0.5, 0.6) is 0 Å². The fourth-order valence-electron chi connectivity index (χ4n) is 2.59. The molecule has 4 unspecified atom stereocenters. The van der Waals surface area contributed by atoms with Gasteiger partial charge in [-0.3, -0.25) is 9.59 Å². The quantitative estimate of drug-likeness (QED) is 0.827. The van der Waals surface area contributed by atoms with Crippen molar-refractivity contribution in [2.24, 2.45) is 11.3 Å². The van der Waals surface area contributed by atoms with Crippen LogP contribution in [0.15, 0.2) is 0 Å². The summed E-state index contributed by atoms with van der Waals surface area (Å²) in [7, 11) is 0. The van der Waals surface area contributed by atoms with E-state index in [-0.39, 0.29) is 29.2 Å². The molecule has 0 aromatic heterocycles. The Morgan fingerprint density at radius 1 is 1.38 bits per heavy atom. The second kappa shape index (κ2) is 6.77. The lowest BCUT2D eigenvalue weighted by molar-refractivity contribution is -0.141. The summed E-state index contributed by atoms with van der Waals surface area (Å²) in [4.78, 5) is 26.7. The van der Waals surface area contributed by atoms with Crippen LogP contribution in [0.1, 0.15) is 54.4 Å². The summed E-state index contributed by atoms with van der Waals surface area (Å²) in [5, 5.41) is 12.6. The Bertz CT molecular complexity index is 389. The summed E-state index contributed by atoms with van der Waals surface area (Å²) in [5.41, 5.74) is -0.368. The summed E-state index contributed by atoms with van der Waals surface area (Å²) in [5.74, 6) is -0.286. The molecular formula is C16H30N2O3. The van der Waals surface area contributed by atoms with E-state index < -0.39 is 12.1 Å². The highest BCUT2D eigenvalue weighted by Crippen LogP contribution is 2.26. The molecule has 5 nitrogen and oxygen atoms in total. The molecule has 0 aliphatic carbocycles. The fourth-order valence-corrected chi connectivity index (χ4v) is 2.59. The van der Waals surface area contributed by atoms with E-state index >= 15 is 0 Å². The van der Waals surface area contributed by atoms with Crippen LogP contribution in [-0.2, 0) is 9.59 Å². The highest BCUT2D eigenvalue weighted by Gasteiger charge is 2.40. The van der Waals surface area contributed by atoms with E-state index in [2.05, 4.69) is 5.32 Å². The van der Waals surface area contributed by atoms with Crippen molar-refractivity contribution in [1.29, 1.82) is 0 Å². The van der Waals surface area contributed by atoms with E-state index in [1.807, 2.05) is 41.5 Å². The minimum absolute atomic E-state index is 0.0119. The number of likely N-dealkylation sites (tertiary alicyclic amines) is 1. The average molecular weight is 298 g/mol. The van der Waals surface area contributed by atoms with Crippen LogP contribution < -0.4 is 5.32 Å². The Balaban J connectivity index is 2.88. The predicted molar refractivity (Wildman–Crippen MR) is 82.6 cm³/mol. The topological polar surface area (TPSA) is 69.6 Å². The lowest BCUT2D eigenvalue weighted by Crippen LogP contribution is -2.56. The lowest BCUT2D eigenvalue weighted by atomic mass is 9.85. The Labute approximate surface area is 128 Å². The van der Waals surface area contributed by atoms with Gasteiger partial charge in [0, 0.05) is 18.5 Å². The van der Waals surface area contributed by atoms with Gasteiger partial charge < -0.3 is 15.3 Å². The van der Waals surface area contributed by atoms with Crippen LogP contribution in [0.25, 0.3) is 0 Å². The molecule has 2 N–H and O–H groups in total. The zero-order valence-corrected chi connectivity index (χ0v) is 14.1. The van der Waals surface area contributed by atoms with E-state index in [0.29, 0.717) is 13.0 Å². The molecule has 1 aliphatic heterocycles. The van der Waals surface area contributed by atoms with Crippen molar-refractivity contribution in [1.82, 2.24) is 10.2 Å². The van der Waals surface area contributed by atoms with Crippen LogP contribution in [0.2, 0.25) is 0 Å². The first-order chi connectivity index (χ1) is 9.57. The molecule has 0 radical (unpaired) electrons. The van der Waals surface area contributed by atoms with Gasteiger partial charge in [-0.25, -0.2) is 0 Å². The van der Waals surface area contributed by atoms with Gasteiger partial charge >= 0.3 is 0 Å². The molecule has 0 aromatic carbocycles. The highest BCUT2D eigenvalue weighted by atomic mass is 16.3. The maximum Gasteiger partial charge on any atom is 0.246 e. The number of hydrogen-bond donors (Lipinski definition) is 2. The molecular weight excluding hydrogens is 268 g/mol. The number of carbonyl (C=O) groups is 2. The second-order valence-electron chi connectivity index (χ2n) is 7.35. The minimum atomic E-state index is -0.563.